The van der Waals surface area contributed by atoms with E-state index in [9.17, 15) is 9.90 Å². The van der Waals surface area contributed by atoms with Crippen molar-refractivity contribution < 1.29 is 19.4 Å². The van der Waals surface area contributed by atoms with E-state index < -0.39 is 5.60 Å². The highest BCUT2D eigenvalue weighted by Gasteiger charge is 2.15. The number of carbonyl (C=O) groups excluding carboxylic acids is 1. The van der Waals surface area contributed by atoms with Crippen molar-refractivity contribution in [1.82, 2.24) is 0 Å². The number of benzene rings is 1. The fraction of sp³-hybridized carbons (Fsp3) is 0.588. The van der Waals surface area contributed by atoms with Crippen LogP contribution in [-0.2, 0) is 16.0 Å². The molecule has 0 atom stereocenters. The van der Waals surface area contributed by atoms with E-state index in [4.69, 9.17) is 4.74 Å². The summed E-state index contributed by atoms with van der Waals surface area (Å²) in [6.45, 7) is 10.7. The molecule has 0 saturated heterocycles. The van der Waals surface area contributed by atoms with E-state index in [1.54, 1.807) is 13.8 Å². The van der Waals surface area contributed by atoms with E-state index in [1.165, 1.54) is 5.56 Å². The molecule has 0 fully saturated rings. The Balaban J connectivity index is 0.000000295. The minimum absolute atomic E-state index is 0.311. The Morgan fingerprint density at radius 2 is 1.95 bits per heavy atom. The third-order valence-corrected chi connectivity index (χ3v) is 2.78. The fourth-order valence-corrected chi connectivity index (χ4v) is 1.76. The van der Waals surface area contributed by atoms with Gasteiger partial charge in [-0.1, -0.05) is 6.07 Å². The normalized spacial score (nSPS) is 13.4. The summed E-state index contributed by atoms with van der Waals surface area (Å²) in [7, 11) is 0. The average Bonchev–Trinajstić information content (AvgIpc) is 2.82. The molecule has 0 bridgehead atoms. The van der Waals surface area contributed by atoms with Crippen LogP contribution in [0.3, 0.4) is 0 Å². The Kier molecular flexibility index (Phi) is 6.23. The van der Waals surface area contributed by atoms with Crippen molar-refractivity contribution >= 4 is 12.2 Å². The molecule has 1 aliphatic heterocycles. The van der Waals surface area contributed by atoms with Gasteiger partial charge in [0.2, 0.25) is 0 Å². The maximum absolute atomic E-state index is 9.60. The van der Waals surface area contributed by atoms with Gasteiger partial charge in [-0.2, -0.15) is 0 Å². The first-order valence-electron chi connectivity index (χ1n) is 7.44. The van der Waals surface area contributed by atoms with E-state index >= 15 is 0 Å². The minimum atomic E-state index is -0.785. The second-order valence-electron chi connectivity index (χ2n) is 6.92. The predicted octanol–water partition coefficient (Wildman–Crippen LogP) is 2.76. The van der Waals surface area contributed by atoms with E-state index in [0.29, 0.717) is 13.1 Å². The van der Waals surface area contributed by atoms with Crippen LogP contribution in [0.5, 0.6) is 5.75 Å². The summed E-state index contributed by atoms with van der Waals surface area (Å²) >= 11 is 0. The predicted molar refractivity (Wildman–Crippen MR) is 87.3 cm³/mol. The molecule has 124 valence electrons. The first kappa shape index (κ1) is 18.3. The van der Waals surface area contributed by atoms with Crippen LogP contribution >= 0.6 is 0 Å². The van der Waals surface area contributed by atoms with Gasteiger partial charge in [0.05, 0.1) is 5.60 Å². The number of hydrogen-bond acceptors (Lipinski definition) is 5. The number of aliphatic hydroxyl groups is 1. The van der Waals surface area contributed by atoms with Crippen molar-refractivity contribution in [2.75, 3.05) is 18.5 Å². The molecule has 0 spiro atoms. The highest BCUT2D eigenvalue weighted by atomic mass is 16.5. The van der Waals surface area contributed by atoms with E-state index in [-0.39, 0.29) is 5.60 Å². The minimum Gasteiger partial charge on any atom is -0.491 e. The van der Waals surface area contributed by atoms with Crippen LogP contribution < -0.4 is 10.1 Å². The van der Waals surface area contributed by atoms with E-state index in [0.717, 1.165) is 24.4 Å². The smallest absolute Gasteiger partial charge is 0.293 e. The second-order valence-corrected chi connectivity index (χ2v) is 6.92. The van der Waals surface area contributed by atoms with Crippen LogP contribution in [0.15, 0.2) is 18.2 Å². The summed E-state index contributed by atoms with van der Waals surface area (Å²) < 4.78 is 10.1. The maximum Gasteiger partial charge on any atom is 0.293 e. The molecule has 0 amide bonds. The van der Waals surface area contributed by atoms with Gasteiger partial charge in [-0.25, -0.2) is 0 Å². The number of anilines is 1. The Hall–Kier alpha value is -1.75. The number of hydrogen-bond donors (Lipinski definition) is 2. The van der Waals surface area contributed by atoms with Crippen LogP contribution in [0.2, 0.25) is 0 Å². The lowest BCUT2D eigenvalue weighted by atomic mass is 10.1. The third-order valence-electron chi connectivity index (χ3n) is 2.78. The Morgan fingerprint density at radius 1 is 1.27 bits per heavy atom. The standard InChI is InChI=1S/C12H17NO2.C5H10O2/c1-12(2,14)8-15-10-4-3-9-5-6-13-11(9)7-10;1-5(2,3)7-4-6/h3-4,7,13-14H,5-6,8H2,1-2H3;4H,1-3H3. The van der Waals surface area contributed by atoms with Crippen molar-refractivity contribution in [3.8, 4) is 5.75 Å². The molecule has 1 aromatic carbocycles. The molecule has 2 rings (SSSR count). The van der Waals surface area contributed by atoms with E-state index in [2.05, 4.69) is 16.1 Å². The van der Waals surface area contributed by atoms with Crippen molar-refractivity contribution in [2.45, 2.75) is 52.2 Å². The number of ether oxygens (including phenoxy) is 2. The van der Waals surface area contributed by atoms with Crippen LogP contribution in [-0.4, -0.2) is 35.9 Å². The van der Waals surface area contributed by atoms with Crippen LogP contribution in [0.25, 0.3) is 0 Å². The second kappa shape index (κ2) is 7.49. The molecular formula is C17H27NO4. The molecular weight excluding hydrogens is 282 g/mol. The highest BCUT2D eigenvalue weighted by molar-refractivity contribution is 5.58. The summed E-state index contributed by atoms with van der Waals surface area (Å²) in [5.41, 5.74) is 1.39. The lowest BCUT2D eigenvalue weighted by Crippen LogP contribution is -2.27. The maximum atomic E-state index is 9.60. The van der Waals surface area contributed by atoms with Gasteiger partial charge in [-0.15, -0.1) is 0 Å². The molecule has 2 N–H and O–H groups in total. The van der Waals surface area contributed by atoms with Crippen LogP contribution in [0.1, 0.15) is 40.2 Å². The highest BCUT2D eigenvalue weighted by Crippen LogP contribution is 2.27. The van der Waals surface area contributed by atoms with E-state index in [1.807, 2.05) is 32.9 Å². The van der Waals surface area contributed by atoms with Gasteiger partial charge < -0.3 is 19.9 Å². The zero-order chi connectivity index (χ0) is 16.8. The van der Waals surface area contributed by atoms with Gasteiger partial charge in [0.15, 0.2) is 0 Å². The number of rotatable bonds is 4. The molecule has 1 heterocycles. The third kappa shape index (κ3) is 7.31. The first-order valence-corrected chi connectivity index (χ1v) is 7.44. The quantitative estimate of drug-likeness (QED) is 0.837. The summed E-state index contributed by atoms with van der Waals surface area (Å²) in [4.78, 5) is 9.60. The Morgan fingerprint density at radius 3 is 2.45 bits per heavy atom. The molecule has 0 radical (unpaired) electrons. The summed E-state index contributed by atoms with van der Waals surface area (Å²) in [5.74, 6) is 0.810. The largest absolute Gasteiger partial charge is 0.491 e. The lowest BCUT2D eigenvalue weighted by molar-refractivity contribution is -0.138. The van der Waals surface area contributed by atoms with Gasteiger partial charge in [0.1, 0.15) is 18.0 Å². The number of nitrogens with one attached hydrogen (secondary N) is 1. The SMILES string of the molecule is CC(C)(C)OC=O.CC(C)(O)COc1ccc2c(c1)NCC2. The van der Waals surface area contributed by atoms with Crippen molar-refractivity contribution in [2.24, 2.45) is 0 Å². The fourth-order valence-electron chi connectivity index (χ4n) is 1.76. The molecule has 1 aliphatic rings. The zero-order valence-electron chi connectivity index (χ0n) is 14.1. The van der Waals surface area contributed by atoms with Gasteiger partial charge in [-0.05, 0) is 52.7 Å². The molecule has 0 saturated carbocycles. The number of carbonyl (C=O) groups is 1. The Labute approximate surface area is 132 Å². The van der Waals surface area contributed by atoms with Crippen molar-refractivity contribution in [3.05, 3.63) is 23.8 Å². The molecule has 0 aromatic heterocycles. The summed E-state index contributed by atoms with van der Waals surface area (Å²) in [6.07, 6.45) is 1.08. The zero-order valence-corrected chi connectivity index (χ0v) is 14.1. The van der Waals surface area contributed by atoms with Crippen molar-refractivity contribution in [3.63, 3.8) is 0 Å². The molecule has 1 aromatic rings. The number of fused-ring (bicyclic) bond motifs is 1. The Bertz CT molecular complexity index is 486. The van der Waals surface area contributed by atoms with Crippen LogP contribution in [0, 0.1) is 0 Å². The molecule has 0 unspecified atom stereocenters. The van der Waals surface area contributed by atoms with Gasteiger partial charge in [-0.3, -0.25) is 4.79 Å². The molecule has 5 heteroatoms. The topological polar surface area (TPSA) is 67.8 Å². The molecule has 5 nitrogen and oxygen atoms in total. The molecule has 22 heavy (non-hydrogen) atoms. The van der Waals surface area contributed by atoms with Gasteiger partial charge in [0.25, 0.3) is 6.47 Å². The molecule has 0 aliphatic carbocycles. The summed E-state index contributed by atoms with van der Waals surface area (Å²) in [5, 5.41) is 12.8. The van der Waals surface area contributed by atoms with Gasteiger partial charge in [0, 0.05) is 18.3 Å². The van der Waals surface area contributed by atoms with Gasteiger partial charge >= 0.3 is 0 Å². The van der Waals surface area contributed by atoms with Crippen molar-refractivity contribution in [1.29, 1.82) is 0 Å². The summed E-state index contributed by atoms with van der Waals surface area (Å²) in [6, 6.07) is 6.03. The lowest BCUT2D eigenvalue weighted by Gasteiger charge is -2.18. The average molecular weight is 309 g/mol. The monoisotopic (exact) mass is 309 g/mol. The first-order chi connectivity index (χ1) is 10.1. The van der Waals surface area contributed by atoms with Crippen LogP contribution in [0.4, 0.5) is 5.69 Å².